The topological polar surface area (TPSA) is 30.5 Å². The Morgan fingerprint density at radius 1 is 1.00 bits per heavy atom. The van der Waals surface area contributed by atoms with E-state index in [1.165, 1.54) is 0 Å². The molecular weight excluding hydrogens is 226 g/mol. The van der Waals surface area contributed by atoms with Crippen LogP contribution >= 0.6 is 0 Å². The lowest BCUT2D eigenvalue weighted by Crippen LogP contribution is -2.35. The third-order valence-corrected chi connectivity index (χ3v) is 3.10. The fourth-order valence-corrected chi connectivity index (χ4v) is 1.80. The fourth-order valence-electron chi connectivity index (χ4n) is 1.80. The first-order chi connectivity index (χ1) is 8.17. The fraction of sp³-hybridized carbons (Fsp3) is 1.00. The van der Waals surface area contributed by atoms with Crippen LogP contribution in [-0.4, -0.2) is 39.0 Å². The molecule has 3 nitrogen and oxygen atoms in total. The smallest absolute Gasteiger partial charge is 0.0598 e. The van der Waals surface area contributed by atoms with Gasteiger partial charge in [0.15, 0.2) is 0 Å². The highest BCUT2D eigenvalue weighted by atomic mass is 16.5. The van der Waals surface area contributed by atoms with Crippen molar-refractivity contribution in [2.75, 3.05) is 33.4 Å². The molecule has 1 unspecified atom stereocenters. The lowest BCUT2D eigenvalue weighted by Gasteiger charge is -2.32. The molecule has 0 saturated heterocycles. The minimum Gasteiger partial charge on any atom is -0.383 e. The van der Waals surface area contributed by atoms with Crippen LogP contribution in [-0.2, 0) is 9.47 Å². The van der Waals surface area contributed by atoms with Gasteiger partial charge in [0, 0.05) is 20.3 Å². The molecule has 0 radical (unpaired) electrons. The maximum Gasteiger partial charge on any atom is 0.0598 e. The van der Waals surface area contributed by atoms with E-state index in [1.54, 1.807) is 7.11 Å². The van der Waals surface area contributed by atoms with E-state index in [2.05, 4.69) is 46.9 Å². The molecule has 0 saturated carbocycles. The first kappa shape index (κ1) is 17.9. The number of hydrogen-bond acceptors (Lipinski definition) is 3. The average Bonchev–Trinajstić information content (AvgIpc) is 2.18. The standard InChI is InChI=1S/C15H33NO2/c1-14(2,3)13(12-16-9-11-17-7)8-10-18-15(4,5)6/h13,16H,8-12H2,1-7H3. The molecule has 1 atom stereocenters. The summed E-state index contributed by atoms with van der Waals surface area (Å²) in [7, 11) is 1.74. The Labute approximate surface area is 114 Å². The minimum atomic E-state index is -0.0358. The molecule has 0 fully saturated rings. The zero-order valence-electron chi connectivity index (χ0n) is 13.4. The first-order valence-corrected chi connectivity index (χ1v) is 7.00. The molecule has 1 N–H and O–H groups in total. The van der Waals surface area contributed by atoms with Crippen molar-refractivity contribution in [1.29, 1.82) is 0 Å². The molecule has 0 aliphatic carbocycles. The average molecular weight is 259 g/mol. The van der Waals surface area contributed by atoms with Crippen LogP contribution in [0.5, 0.6) is 0 Å². The zero-order chi connectivity index (χ0) is 14.2. The van der Waals surface area contributed by atoms with Crippen LogP contribution in [0.1, 0.15) is 48.0 Å². The Morgan fingerprint density at radius 2 is 1.61 bits per heavy atom. The van der Waals surface area contributed by atoms with Crippen molar-refractivity contribution < 1.29 is 9.47 Å². The second kappa shape index (κ2) is 8.13. The Hall–Kier alpha value is -0.120. The van der Waals surface area contributed by atoms with Crippen molar-refractivity contribution >= 4 is 0 Å². The second-order valence-corrected chi connectivity index (χ2v) is 7.01. The van der Waals surface area contributed by atoms with Gasteiger partial charge in [0.05, 0.1) is 12.2 Å². The van der Waals surface area contributed by atoms with E-state index in [1.807, 2.05) is 0 Å². The van der Waals surface area contributed by atoms with Gasteiger partial charge in [0.25, 0.3) is 0 Å². The molecule has 0 aliphatic rings. The normalized spacial score (nSPS) is 14.8. The minimum absolute atomic E-state index is 0.0358. The monoisotopic (exact) mass is 259 g/mol. The predicted molar refractivity (Wildman–Crippen MR) is 78.0 cm³/mol. The van der Waals surface area contributed by atoms with E-state index in [4.69, 9.17) is 9.47 Å². The van der Waals surface area contributed by atoms with Gasteiger partial charge in [-0.05, 0) is 45.1 Å². The van der Waals surface area contributed by atoms with Crippen molar-refractivity contribution in [1.82, 2.24) is 5.32 Å². The molecule has 0 spiro atoms. The van der Waals surface area contributed by atoms with Gasteiger partial charge in [0.2, 0.25) is 0 Å². The molecule has 3 heteroatoms. The Kier molecular flexibility index (Phi) is 8.08. The van der Waals surface area contributed by atoms with Gasteiger partial charge in [-0.1, -0.05) is 20.8 Å². The summed E-state index contributed by atoms with van der Waals surface area (Å²) in [6.45, 7) is 16.8. The van der Waals surface area contributed by atoms with Crippen LogP contribution in [0.3, 0.4) is 0 Å². The van der Waals surface area contributed by atoms with Gasteiger partial charge >= 0.3 is 0 Å². The third-order valence-electron chi connectivity index (χ3n) is 3.10. The van der Waals surface area contributed by atoms with Crippen LogP contribution in [0.25, 0.3) is 0 Å². The summed E-state index contributed by atoms with van der Waals surface area (Å²) in [6.07, 6.45) is 1.10. The summed E-state index contributed by atoms with van der Waals surface area (Å²) in [5.74, 6) is 0.622. The predicted octanol–water partition coefficient (Wildman–Crippen LogP) is 3.09. The van der Waals surface area contributed by atoms with Crippen LogP contribution in [0.15, 0.2) is 0 Å². The van der Waals surface area contributed by atoms with Crippen LogP contribution in [0.2, 0.25) is 0 Å². The van der Waals surface area contributed by atoms with Crippen LogP contribution in [0, 0.1) is 11.3 Å². The van der Waals surface area contributed by atoms with Crippen molar-refractivity contribution in [3.05, 3.63) is 0 Å². The second-order valence-electron chi connectivity index (χ2n) is 7.01. The number of ether oxygens (including phenoxy) is 2. The highest BCUT2D eigenvalue weighted by Crippen LogP contribution is 2.28. The molecule has 0 rings (SSSR count). The number of methoxy groups -OCH3 is 1. The van der Waals surface area contributed by atoms with Crippen molar-refractivity contribution in [2.45, 2.75) is 53.6 Å². The summed E-state index contributed by atoms with van der Waals surface area (Å²) >= 11 is 0. The van der Waals surface area contributed by atoms with Gasteiger partial charge in [-0.15, -0.1) is 0 Å². The van der Waals surface area contributed by atoms with Crippen molar-refractivity contribution in [3.8, 4) is 0 Å². The number of nitrogens with one attached hydrogen (secondary N) is 1. The van der Waals surface area contributed by atoms with Gasteiger partial charge in [-0.2, -0.15) is 0 Å². The largest absolute Gasteiger partial charge is 0.383 e. The summed E-state index contributed by atoms with van der Waals surface area (Å²) in [6, 6.07) is 0. The maximum atomic E-state index is 5.83. The molecule has 0 aliphatic heterocycles. The van der Waals surface area contributed by atoms with Gasteiger partial charge in [-0.25, -0.2) is 0 Å². The molecular formula is C15H33NO2. The first-order valence-electron chi connectivity index (χ1n) is 7.00. The molecule has 0 bridgehead atoms. The van der Waals surface area contributed by atoms with Crippen molar-refractivity contribution in [3.63, 3.8) is 0 Å². The molecule has 0 amide bonds. The SMILES string of the molecule is COCCNCC(CCOC(C)(C)C)C(C)(C)C. The van der Waals surface area contributed by atoms with Gasteiger partial charge in [-0.3, -0.25) is 0 Å². The maximum absolute atomic E-state index is 5.83. The van der Waals surface area contributed by atoms with Gasteiger partial charge < -0.3 is 14.8 Å². The Bertz CT molecular complexity index is 204. The highest BCUT2D eigenvalue weighted by molar-refractivity contribution is 4.76. The summed E-state index contributed by atoms with van der Waals surface area (Å²) in [4.78, 5) is 0. The van der Waals surface area contributed by atoms with Crippen LogP contribution < -0.4 is 5.32 Å². The van der Waals surface area contributed by atoms with E-state index in [0.29, 0.717) is 11.3 Å². The Balaban J connectivity index is 4.01. The van der Waals surface area contributed by atoms with E-state index in [0.717, 1.165) is 32.7 Å². The quantitative estimate of drug-likeness (QED) is 0.680. The zero-order valence-corrected chi connectivity index (χ0v) is 13.4. The van der Waals surface area contributed by atoms with E-state index >= 15 is 0 Å². The summed E-state index contributed by atoms with van der Waals surface area (Å²) in [5, 5.41) is 3.46. The molecule has 0 aromatic heterocycles. The molecule has 18 heavy (non-hydrogen) atoms. The summed E-state index contributed by atoms with van der Waals surface area (Å²) in [5.41, 5.74) is 0.271. The van der Waals surface area contributed by atoms with Gasteiger partial charge in [0.1, 0.15) is 0 Å². The van der Waals surface area contributed by atoms with E-state index in [9.17, 15) is 0 Å². The molecule has 0 aromatic carbocycles. The van der Waals surface area contributed by atoms with Crippen LogP contribution in [0.4, 0.5) is 0 Å². The van der Waals surface area contributed by atoms with Crippen molar-refractivity contribution in [2.24, 2.45) is 11.3 Å². The third kappa shape index (κ3) is 9.86. The van der Waals surface area contributed by atoms with E-state index < -0.39 is 0 Å². The summed E-state index contributed by atoms with van der Waals surface area (Å²) < 4.78 is 10.9. The van der Waals surface area contributed by atoms with E-state index in [-0.39, 0.29) is 5.60 Å². The highest BCUT2D eigenvalue weighted by Gasteiger charge is 2.24. The molecule has 0 aromatic rings. The lowest BCUT2D eigenvalue weighted by atomic mass is 9.79. The number of rotatable bonds is 8. The molecule has 0 heterocycles. The lowest BCUT2D eigenvalue weighted by molar-refractivity contribution is -0.0156. The Morgan fingerprint density at radius 3 is 2.06 bits per heavy atom. The molecule has 110 valence electrons. The number of hydrogen-bond donors (Lipinski definition) is 1.